The number of nitrogens with one attached hydrogen (secondary N) is 1. The molecule has 0 bridgehead atoms. The van der Waals surface area contributed by atoms with Gasteiger partial charge >= 0.3 is 0 Å². The standard InChI is InChI=1S/C14H21N3/c1-14(2)8-3-9-17(14)10-11-4-6-12(7-5-11)13(15)16/h4-7H,3,8-10H2,1-2H3,(H3,15,16). The Morgan fingerprint density at radius 2 is 2.00 bits per heavy atom. The Kier molecular flexibility index (Phi) is 3.20. The number of rotatable bonds is 3. The highest BCUT2D eigenvalue weighted by Crippen LogP contribution is 2.29. The summed E-state index contributed by atoms with van der Waals surface area (Å²) in [6.07, 6.45) is 2.57. The third-order valence-corrected chi connectivity index (χ3v) is 3.71. The van der Waals surface area contributed by atoms with Crippen LogP contribution in [0, 0.1) is 5.41 Å². The van der Waals surface area contributed by atoms with Crippen LogP contribution < -0.4 is 5.73 Å². The largest absolute Gasteiger partial charge is 0.384 e. The fourth-order valence-electron chi connectivity index (χ4n) is 2.47. The zero-order valence-corrected chi connectivity index (χ0v) is 10.7. The van der Waals surface area contributed by atoms with Crippen LogP contribution in [0.15, 0.2) is 24.3 Å². The van der Waals surface area contributed by atoms with Gasteiger partial charge in [-0.15, -0.1) is 0 Å². The maximum Gasteiger partial charge on any atom is 0.122 e. The number of amidine groups is 1. The molecule has 3 nitrogen and oxygen atoms in total. The van der Waals surface area contributed by atoms with Crippen LogP contribution in [0.25, 0.3) is 0 Å². The zero-order chi connectivity index (χ0) is 12.5. The molecule has 3 heteroatoms. The van der Waals surface area contributed by atoms with Crippen molar-refractivity contribution in [1.29, 1.82) is 5.41 Å². The van der Waals surface area contributed by atoms with E-state index in [0.29, 0.717) is 5.54 Å². The molecule has 0 spiro atoms. The molecule has 0 atom stereocenters. The van der Waals surface area contributed by atoms with E-state index in [1.54, 1.807) is 0 Å². The quantitative estimate of drug-likeness (QED) is 0.619. The van der Waals surface area contributed by atoms with Crippen LogP contribution in [-0.4, -0.2) is 22.8 Å². The minimum absolute atomic E-state index is 0.137. The van der Waals surface area contributed by atoms with Gasteiger partial charge in [-0.25, -0.2) is 0 Å². The fourth-order valence-corrected chi connectivity index (χ4v) is 2.47. The van der Waals surface area contributed by atoms with Crippen molar-refractivity contribution in [2.75, 3.05) is 6.54 Å². The predicted molar refractivity (Wildman–Crippen MR) is 71.2 cm³/mol. The Morgan fingerprint density at radius 1 is 1.35 bits per heavy atom. The van der Waals surface area contributed by atoms with Gasteiger partial charge in [0.2, 0.25) is 0 Å². The van der Waals surface area contributed by atoms with Gasteiger partial charge < -0.3 is 5.73 Å². The summed E-state index contributed by atoms with van der Waals surface area (Å²) in [6.45, 7) is 6.79. The second-order valence-corrected chi connectivity index (χ2v) is 5.45. The van der Waals surface area contributed by atoms with Gasteiger partial charge in [0.15, 0.2) is 0 Å². The van der Waals surface area contributed by atoms with Gasteiger partial charge in [-0.1, -0.05) is 24.3 Å². The minimum atomic E-state index is 0.137. The molecule has 0 aromatic heterocycles. The first-order chi connectivity index (χ1) is 7.99. The first-order valence-corrected chi connectivity index (χ1v) is 6.17. The molecule has 1 aliphatic rings. The van der Waals surface area contributed by atoms with Crippen molar-refractivity contribution >= 4 is 5.84 Å². The van der Waals surface area contributed by atoms with E-state index >= 15 is 0 Å². The monoisotopic (exact) mass is 231 g/mol. The van der Waals surface area contributed by atoms with Crippen LogP contribution in [0.5, 0.6) is 0 Å². The van der Waals surface area contributed by atoms with Gasteiger partial charge in [0.25, 0.3) is 0 Å². The summed E-state index contributed by atoms with van der Waals surface area (Å²) in [4.78, 5) is 2.52. The summed E-state index contributed by atoms with van der Waals surface area (Å²) in [5.41, 5.74) is 7.86. The van der Waals surface area contributed by atoms with E-state index in [4.69, 9.17) is 11.1 Å². The molecule has 1 aromatic rings. The van der Waals surface area contributed by atoms with Crippen molar-refractivity contribution in [2.45, 2.75) is 38.8 Å². The molecule has 0 unspecified atom stereocenters. The molecule has 1 aromatic carbocycles. The summed E-state index contributed by atoms with van der Waals surface area (Å²) in [6, 6.07) is 8.01. The van der Waals surface area contributed by atoms with E-state index in [1.165, 1.54) is 24.9 Å². The Bertz CT molecular complexity index is 406. The lowest BCUT2D eigenvalue weighted by Gasteiger charge is -2.31. The first kappa shape index (κ1) is 12.1. The topological polar surface area (TPSA) is 53.1 Å². The van der Waals surface area contributed by atoms with Gasteiger partial charge in [-0.3, -0.25) is 10.3 Å². The van der Waals surface area contributed by atoms with Crippen molar-refractivity contribution < 1.29 is 0 Å². The van der Waals surface area contributed by atoms with Gasteiger partial charge in [-0.2, -0.15) is 0 Å². The van der Waals surface area contributed by atoms with Gasteiger partial charge in [0.05, 0.1) is 0 Å². The molecule has 1 aliphatic heterocycles. The van der Waals surface area contributed by atoms with Crippen LogP contribution in [0.3, 0.4) is 0 Å². The summed E-state index contributed by atoms with van der Waals surface area (Å²) < 4.78 is 0. The van der Waals surface area contributed by atoms with E-state index in [-0.39, 0.29) is 5.84 Å². The molecule has 1 fully saturated rings. The molecule has 2 rings (SSSR count). The summed E-state index contributed by atoms with van der Waals surface area (Å²) in [5.74, 6) is 0.137. The van der Waals surface area contributed by atoms with Crippen LogP contribution in [0.2, 0.25) is 0 Å². The highest BCUT2D eigenvalue weighted by atomic mass is 15.2. The van der Waals surface area contributed by atoms with Crippen molar-refractivity contribution in [1.82, 2.24) is 4.90 Å². The minimum Gasteiger partial charge on any atom is -0.384 e. The summed E-state index contributed by atoms with van der Waals surface area (Å²) in [7, 11) is 0. The third kappa shape index (κ3) is 2.67. The van der Waals surface area contributed by atoms with Gasteiger partial charge in [-0.05, 0) is 38.8 Å². The molecule has 92 valence electrons. The highest BCUT2D eigenvalue weighted by molar-refractivity contribution is 5.94. The molecule has 0 radical (unpaired) electrons. The number of hydrogen-bond donors (Lipinski definition) is 2. The second-order valence-electron chi connectivity index (χ2n) is 5.45. The molecule has 1 saturated heterocycles. The average Bonchev–Trinajstić information content (AvgIpc) is 2.59. The Hall–Kier alpha value is -1.35. The van der Waals surface area contributed by atoms with E-state index in [1.807, 2.05) is 12.1 Å². The smallest absolute Gasteiger partial charge is 0.122 e. The summed E-state index contributed by atoms with van der Waals surface area (Å²) in [5, 5.41) is 7.36. The molecule has 0 aliphatic carbocycles. The molecule has 1 heterocycles. The Morgan fingerprint density at radius 3 is 2.47 bits per heavy atom. The average molecular weight is 231 g/mol. The SMILES string of the molecule is CC1(C)CCCN1Cc1ccc(C(=N)N)cc1. The molecular formula is C14H21N3. The maximum absolute atomic E-state index is 7.36. The van der Waals surface area contributed by atoms with Gasteiger partial charge in [0, 0.05) is 17.6 Å². The Labute approximate surface area is 103 Å². The number of nitrogen functional groups attached to an aromatic ring is 1. The van der Waals surface area contributed by atoms with Gasteiger partial charge in [0.1, 0.15) is 5.84 Å². The molecule has 0 amide bonds. The lowest BCUT2D eigenvalue weighted by Crippen LogP contribution is -2.37. The lowest BCUT2D eigenvalue weighted by atomic mass is 10.0. The molecule has 17 heavy (non-hydrogen) atoms. The summed E-state index contributed by atoms with van der Waals surface area (Å²) >= 11 is 0. The number of nitrogens with zero attached hydrogens (tertiary/aromatic N) is 1. The molecule has 3 N–H and O–H groups in total. The van der Waals surface area contributed by atoms with Crippen LogP contribution in [0.4, 0.5) is 0 Å². The van der Waals surface area contributed by atoms with E-state index < -0.39 is 0 Å². The Balaban J connectivity index is 2.06. The lowest BCUT2D eigenvalue weighted by molar-refractivity contribution is 0.166. The van der Waals surface area contributed by atoms with Crippen molar-refractivity contribution in [2.24, 2.45) is 5.73 Å². The molecular weight excluding hydrogens is 210 g/mol. The van der Waals surface area contributed by atoms with Crippen molar-refractivity contribution in [3.8, 4) is 0 Å². The first-order valence-electron chi connectivity index (χ1n) is 6.17. The van der Waals surface area contributed by atoms with E-state index in [9.17, 15) is 0 Å². The van der Waals surface area contributed by atoms with Crippen LogP contribution in [0.1, 0.15) is 37.8 Å². The number of nitrogens with two attached hydrogens (primary N) is 1. The normalized spacial score (nSPS) is 19.4. The van der Waals surface area contributed by atoms with E-state index in [0.717, 1.165) is 12.1 Å². The highest BCUT2D eigenvalue weighted by Gasteiger charge is 2.31. The van der Waals surface area contributed by atoms with Crippen molar-refractivity contribution in [3.63, 3.8) is 0 Å². The second kappa shape index (κ2) is 4.49. The number of benzene rings is 1. The van der Waals surface area contributed by atoms with E-state index in [2.05, 4.69) is 30.9 Å². The number of likely N-dealkylation sites (tertiary alicyclic amines) is 1. The zero-order valence-electron chi connectivity index (χ0n) is 10.7. The fraction of sp³-hybridized carbons (Fsp3) is 0.500. The third-order valence-electron chi connectivity index (χ3n) is 3.71. The maximum atomic E-state index is 7.36. The number of hydrogen-bond acceptors (Lipinski definition) is 2. The van der Waals surface area contributed by atoms with Crippen molar-refractivity contribution in [3.05, 3.63) is 35.4 Å². The van der Waals surface area contributed by atoms with Crippen LogP contribution in [-0.2, 0) is 6.54 Å². The van der Waals surface area contributed by atoms with Crippen LogP contribution >= 0.6 is 0 Å². The molecule has 0 saturated carbocycles. The predicted octanol–water partition coefficient (Wildman–Crippen LogP) is 2.35.